The number of hydrogen-bond acceptors (Lipinski definition) is 3. The van der Waals surface area contributed by atoms with Crippen LogP contribution in [0.15, 0.2) is 0 Å². The first kappa shape index (κ1) is 9.90. The molecule has 0 fully saturated rings. The van der Waals surface area contributed by atoms with E-state index in [1.807, 2.05) is 13.8 Å². The molecule has 0 saturated heterocycles. The van der Waals surface area contributed by atoms with Gasteiger partial charge < -0.3 is 14.6 Å². The summed E-state index contributed by atoms with van der Waals surface area (Å²) in [7, 11) is 3.25. The minimum Gasteiger partial charge on any atom is -0.507 e. The van der Waals surface area contributed by atoms with E-state index in [9.17, 15) is 5.11 Å². The van der Waals surface area contributed by atoms with E-state index in [0.29, 0.717) is 0 Å². The maximum atomic E-state index is 9.57. The van der Waals surface area contributed by atoms with E-state index in [1.165, 1.54) is 0 Å². The summed E-state index contributed by atoms with van der Waals surface area (Å²) < 4.78 is 10.6. The normalized spacial score (nSPS) is 12.7. The first-order chi connectivity index (χ1) is 7.11. The number of hydrogen-bond donors (Lipinski definition) is 1. The second-order valence-electron chi connectivity index (χ2n) is 3.63. The fourth-order valence-corrected chi connectivity index (χ4v) is 2.01. The smallest absolute Gasteiger partial charge is 0.133 e. The maximum absolute atomic E-state index is 9.57. The third kappa shape index (κ3) is 1.12. The van der Waals surface area contributed by atoms with Crippen molar-refractivity contribution in [2.75, 3.05) is 14.2 Å². The molecule has 3 nitrogen and oxygen atoms in total. The van der Waals surface area contributed by atoms with Crippen molar-refractivity contribution in [2.24, 2.45) is 0 Å². The van der Waals surface area contributed by atoms with Crippen LogP contribution in [0, 0.1) is 13.8 Å². The van der Waals surface area contributed by atoms with E-state index in [1.54, 1.807) is 20.3 Å². The minimum absolute atomic E-state index is 0.267. The summed E-state index contributed by atoms with van der Waals surface area (Å²) >= 11 is 0. The second kappa shape index (κ2) is 3.19. The molecule has 0 atom stereocenters. The molecule has 0 saturated carbocycles. The Morgan fingerprint density at radius 2 is 1.53 bits per heavy atom. The molecule has 15 heavy (non-hydrogen) atoms. The van der Waals surface area contributed by atoms with Gasteiger partial charge >= 0.3 is 0 Å². The molecule has 1 aromatic carbocycles. The van der Waals surface area contributed by atoms with Crippen LogP contribution in [-0.4, -0.2) is 19.3 Å². The molecule has 0 aliphatic heterocycles. The van der Waals surface area contributed by atoms with Crippen LogP contribution >= 0.6 is 0 Å². The SMILES string of the molecule is COc1c(C)c(C)c(OC)c2c1C=C2O. The molecule has 80 valence electrons. The first-order valence-electron chi connectivity index (χ1n) is 4.78. The lowest BCUT2D eigenvalue weighted by molar-refractivity contribution is 0.390. The molecule has 0 spiro atoms. The number of fused-ring (bicyclic) bond motifs is 1. The number of aliphatic hydroxyl groups is 1. The van der Waals surface area contributed by atoms with Crippen LogP contribution in [-0.2, 0) is 0 Å². The van der Waals surface area contributed by atoms with Gasteiger partial charge in [0.25, 0.3) is 0 Å². The van der Waals surface area contributed by atoms with Crippen molar-refractivity contribution in [1.82, 2.24) is 0 Å². The van der Waals surface area contributed by atoms with Gasteiger partial charge in [-0.1, -0.05) is 0 Å². The summed E-state index contributed by atoms with van der Waals surface area (Å²) in [6.07, 6.45) is 1.70. The highest BCUT2D eigenvalue weighted by molar-refractivity contribution is 5.97. The predicted octanol–water partition coefficient (Wildman–Crippen LogP) is 2.69. The van der Waals surface area contributed by atoms with Crippen LogP contribution in [0.5, 0.6) is 11.5 Å². The van der Waals surface area contributed by atoms with E-state index >= 15 is 0 Å². The van der Waals surface area contributed by atoms with E-state index in [0.717, 1.165) is 33.8 Å². The fourth-order valence-electron chi connectivity index (χ4n) is 2.01. The third-order valence-electron chi connectivity index (χ3n) is 2.93. The van der Waals surface area contributed by atoms with Crippen LogP contribution in [0.25, 0.3) is 11.8 Å². The molecule has 2 rings (SSSR count). The summed E-state index contributed by atoms with van der Waals surface area (Å²) in [5, 5.41) is 9.57. The Balaban J connectivity index is 2.74. The van der Waals surface area contributed by atoms with E-state index in [4.69, 9.17) is 9.47 Å². The molecule has 0 unspecified atom stereocenters. The average molecular weight is 206 g/mol. The van der Waals surface area contributed by atoms with Crippen molar-refractivity contribution in [3.05, 3.63) is 22.3 Å². The summed E-state index contributed by atoms with van der Waals surface area (Å²) in [5.41, 5.74) is 3.75. The van der Waals surface area contributed by atoms with Gasteiger partial charge in [-0.05, 0) is 31.1 Å². The first-order valence-corrected chi connectivity index (χ1v) is 4.78. The van der Waals surface area contributed by atoms with Gasteiger partial charge in [-0.25, -0.2) is 0 Å². The van der Waals surface area contributed by atoms with Gasteiger partial charge in [-0.15, -0.1) is 0 Å². The zero-order valence-corrected chi connectivity index (χ0v) is 9.34. The highest BCUT2D eigenvalue weighted by Crippen LogP contribution is 2.47. The van der Waals surface area contributed by atoms with Crippen LogP contribution in [0.3, 0.4) is 0 Å². The van der Waals surface area contributed by atoms with Gasteiger partial charge in [0, 0.05) is 5.56 Å². The molecule has 0 aromatic heterocycles. The van der Waals surface area contributed by atoms with E-state index in [-0.39, 0.29) is 5.76 Å². The standard InChI is InChI=1S/C12H14O3/c1-6-7(2)12(15-4)10-8(5-9(10)13)11(6)14-3/h5,13H,1-4H3. The third-order valence-corrected chi connectivity index (χ3v) is 2.93. The van der Waals surface area contributed by atoms with Crippen molar-refractivity contribution < 1.29 is 14.6 Å². The van der Waals surface area contributed by atoms with Gasteiger partial charge in [-0.2, -0.15) is 0 Å². The largest absolute Gasteiger partial charge is 0.507 e. The van der Waals surface area contributed by atoms with E-state index < -0.39 is 0 Å². The molecule has 1 aromatic rings. The summed E-state index contributed by atoms with van der Waals surface area (Å²) in [5.74, 6) is 1.83. The van der Waals surface area contributed by atoms with Crippen LogP contribution in [0.4, 0.5) is 0 Å². The zero-order chi connectivity index (χ0) is 11.2. The Labute approximate surface area is 88.9 Å². The quantitative estimate of drug-likeness (QED) is 0.808. The summed E-state index contributed by atoms with van der Waals surface area (Å²) in [6.45, 7) is 3.95. The Kier molecular flexibility index (Phi) is 2.11. The molecule has 0 heterocycles. The Morgan fingerprint density at radius 1 is 1.00 bits per heavy atom. The Morgan fingerprint density at radius 3 is 2.00 bits per heavy atom. The fraction of sp³-hybridized carbons (Fsp3) is 0.333. The summed E-state index contributed by atoms with van der Waals surface area (Å²) in [4.78, 5) is 0. The van der Waals surface area contributed by atoms with Gasteiger partial charge in [0.05, 0.1) is 19.8 Å². The number of ether oxygens (including phenoxy) is 2. The van der Waals surface area contributed by atoms with Gasteiger partial charge in [0.1, 0.15) is 17.3 Å². The number of methoxy groups -OCH3 is 2. The van der Waals surface area contributed by atoms with Crippen LogP contribution in [0.2, 0.25) is 0 Å². The van der Waals surface area contributed by atoms with Gasteiger partial charge in [0.15, 0.2) is 0 Å². The lowest BCUT2D eigenvalue weighted by atomic mass is 9.88. The highest BCUT2D eigenvalue weighted by atomic mass is 16.5. The average Bonchev–Trinajstić information content (AvgIpc) is 2.22. The van der Waals surface area contributed by atoms with Crippen LogP contribution in [0.1, 0.15) is 22.3 Å². The highest BCUT2D eigenvalue weighted by Gasteiger charge is 2.28. The lowest BCUT2D eigenvalue weighted by Crippen LogP contribution is -2.08. The summed E-state index contributed by atoms with van der Waals surface area (Å²) in [6, 6.07) is 0. The molecular formula is C12H14O3. The topological polar surface area (TPSA) is 38.7 Å². The van der Waals surface area contributed by atoms with Crippen molar-refractivity contribution in [1.29, 1.82) is 0 Å². The maximum Gasteiger partial charge on any atom is 0.133 e. The minimum atomic E-state index is 0.267. The monoisotopic (exact) mass is 206 g/mol. The Hall–Kier alpha value is -1.64. The molecule has 1 aliphatic rings. The van der Waals surface area contributed by atoms with Crippen molar-refractivity contribution >= 4 is 11.8 Å². The van der Waals surface area contributed by atoms with Crippen molar-refractivity contribution in [3.8, 4) is 11.5 Å². The van der Waals surface area contributed by atoms with Gasteiger partial charge in [-0.3, -0.25) is 0 Å². The van der Waals surface area contributed by atoms with Crippen molar-refractivity contribution in [3.63, 3.8) is 0 Å². The number of rotatable bonds is 2. The lowest BCUT2D eigenvalue weighted by Gasteiger charge is -2.25. The molecule has 0 bridgehead atoms. The molecule has 0 amide bonds. The molecular weight excluding hydrogens is 192 g/mol. The molecule has 1 N–H and O–H groups in total. The molecule has 1 aliphatic carbocycles. The predicted molar refractivity (Wildman–Crippen MR) is 59.5 cm³/mol. The van der Waals surface area contributed by atoms with Crippen molar-refractivity contribution in [2.45, 2.75) is 13.8 Å². The number of aliphatic hydroxyl groups excluding tert-OH is 1. The Bertz CT molecular complexity index is 459. The zero-order valence-electron chi connectivity index (χ0n) is 9.34. The molecule has 0 radical (unpaired) electrons. The van der Waals surface area contributed by atoms with E-state index in [2.05, 4.69) is 0 Å². The van der Waals surface area contributed by atoms with Gasteiger partial charge in [0.2, 0.25) is 0 Å². The second-order valence-corrected chi connectivity index (χ2v) is 3.63. The molecule has 3 heteroatoms. The van der Waals surface area contributed by atoms with Crippen LogP contribution < -0.4 is 9.47 Å². The number of benzene rings is 1.